The van der Waals surface area contributed by atoms with E-state index in [1.165, 1.54) is 0 Å². The lowest BCUT2D eigenvalue weighted by Gasteiger charge is -1.88. The van der Waals surface area contributed by atoms with Crippen molar-refractivity contribution in [1.82, 2.24) is 0 Å². The predicted octanol–water partition coefficient (Wildman–Crippen LogP) is 0.994. The highest BCUT2D eigenvalue weighted by Crippen LogP contribution is 1.84. The monoisotopic (exact) mass is 129 g/mol. The summed E-state index contributed by atoms with van der Waals surface area (Å²) in [4.78, 5) is 0. The molecule has 3 heteroatoms. The van der Waals surface area contributed by atoms with Crippen LogP contribution in [0.2, 0.25) is 0 Å². The summed E-state index contributed by atoms with van der Waals surface area (Å²) in [6.07, 6.45) is 0. The van der Waals surface area contributed by atoms with Gasteiger partial charge in [0.1, 0.15) is 0 Å². The van der Waals surface area contributed by atoms with Crippen molar-refractivity contribution in [3.63, 3.8) is 0 Å². The summed E-state index contributed by atoms with van der Waals surface area (Å²) < 4.78 is 0. The first-order valence-electron chi connectivity index (χ1n) is 1.61. The smallest absolute Gasteiger partial charge is 0.0430 e. The molecule has 0 bridgehead atoms. The van der Waals surface area contributed by atoms with E-state index in [1.54, 1.807) is 0 Å². The zero-order valence-electron chi connectivity index (χ0n) is 3.65. The van der Waals surface area contributed by atoms with Gasteiger partial charge in [-0.1, -0.05) is 0 Å². The minimum atomic E-state index is 0. The molecular formula is C3H9Cl2N. The molecule has 0 aromatic carbocycles. The largest absolute Gasteiger partial charge is 0.329 e. The summed E-state index contributed by atoms with van der Waals surface area (Å²) in [5.74, 6) is 0. The summed E-state index contributed by atoms with van der Waals surface area (Å²) >= 11 is 5.34. The molecule has 40 valence electrons. The number of alkyl halides is 1. The maximum atomic E-state index is 5.34. The molecule has 0 amide bonds. The first-order valence-corrected chi connectivity index (χ1v) is 2.05. The number of halogens is 2. The van der Waals surface area contributed by atoms with Gasteiger partial charge in [-0.2, -0.15) is 0 Å². The molecule has 0 heterocycles. The molecule has 0 rings (SSSR count). The fraction of sp³-hybridized carbons (Fsp3) is 1.00. The number of hydrogen-bond donors (Lipinski definition) is 1. The Morgan fingerprint density at radius 2 is 2.00 bits per heavy atom. The van der Waals surface area contributed by atoms with Gasteiger partial charge in [0, 0.05) is 11.9 Å². The van der Waals surface area contributed by atoms with Gasteiger partial charge in [0.15, 0.2) is 0 Å². The van der Waals surface area contributed by atoms with E-state index in [9.17, 15) is 0 Å². The van der Waals surface area contributed by atoms with Gasteiger partial charge in [0.2, 0.25) is 0 Å². The van der Waals surface area contributed by atoms with Gasteiger partial charge in [0.25, 0.3) is 0 Å². The van der Waals surface area contributed by atoms with Crippen LogP contribution < -0.4 is 5.73 Å². The van der Waals surface area contributed by atoms with E-state index in [4.69, 9.17) is 17.3 Å². The molecule has 0 aliphatic carbocycles. The van der Waals surface area contributed by atoms with Crippen LogP contribution in [0.15, 0.2) is 0 Å². The Balaban J connectivity index is 0. The highest BCUT2D eigenvalue weighted by Gasteiger charge is 1.83. The Kier molecular flexibility index (Phi) is 8.99. The molecule has 2 N–H and O–H groups in total. The van der Waals surface area contributed by atoms with Crippen molar-refractivity contribution >= 4 is 24.0 Å². The summed E-state index contributed by atoms with van der Waals surface area (Å²) in [6.45, 7) is 2.43. The molecule has 0 saturated heterocycles. The fourth-order valence-corrected chi connectivity index (χ4v) is 0. The second kappa shape index (κ2) is 5.54. The van der Waals surface area contributed by atoms with Crippen molar-refractivity contribution in [1.29, 1.82) is 0 Å². The third-order valence-corrected chi connectivity index (χ3v) is 0.503. The Morgan fingerprint density at radius 3 is 2.00 bits per heavy atom. The Morgan fingerprint density at radius 1 is 1.83 bits per heavy atom. The van der Waals surface area contributed by atoms with Gasteiger partial charge in [-0.3, -0.25) is 0 Å². The fourth-order valence-electron chi connectivity index (χ4n) is 0. The molecule has 0 aromatic heterocycles. The van der Waals surface area contributed by atoms with Crippen molar-refractivity contribution in [2.75, 3.05) is 6.54 Å². The predicted molar refractivity (Wildman–Crippen MR) is 31.6 cm³/mol. The average molecular weight is 130 g/mol. The van der Waals surface area contributed by atoms with Gasteiger partial charge in [-0.05, 0) is 6.92 Å². The van der Waals surface area contributed by atoms with Crippen LogP contribution in [0.25, 0.3) is 0 Å². The van der Waals surface area contributed by atoms with Crippen molar-refractivity contribution in [2.45, 2.75) is 12.3 Å². The molecule has 0 radical (unpaired) electrons. The van der Waals surface area contributed by atoms with Gasteiger partial charge < -0.3 is 5.73 Å². The van der Waals surface area contributed by atoms with Crippen LogP contribution in [0.5, 0.6) is 0 Å². The minimum absolute atomic E-state index is 0. The first-order chi connectivity index (χ1) is 2.27. The normalized spacial score (nSPS) is 12.5. The number of rotatable bonds is 1. The molecule has 0 aliphatic heterocycles. The Hall–Kier alpha value is 0.540. The van der Waals surface area contributed by atoms with Crippen molar-refractivity contribution in [2.24, 2.45) is 5.73 Å². The molecule has 0 saturated carbocycles. The molecule has 0 aromatic rings. The molecular weight excluding hydrogens is 121 g/mol. The zero-order valence-corrected chi connectivity index (χ0v) is 5.22. The second-order valence-electron chi connectivity index (χ2n) is 1.02. The van der Waals surface area contributed by atoms with Crippen molar-refractivity contribution < 1.29 is 0 Å². The Bertz CT molecular complexity index is 22.8. The van der Waals surface area contributed by atoms with E-state index in [-0.39, 0.29) is 17.8 Å². The lowest BCUT2D eigenvalue weighted by atomic mass is 10.5. The van der Waals surface area contributed by atoms with E-state index >= 15 is 0 Å². The molecule has 0 spiro atoms. The van der Waals surface area contributed by atoms with Gasteiger partial charge in [0.05, 0.1) is 0 Å². The van der Waals surface area contributed by atoms with E-state index in [1.807, 2.05) is 6.92 Å². The molecule has 1 atom stereocenters. The van der Waals surface area contributed by atoms with E-state index in [0.29, 0.717) is 6.54 Å². The number of nitrogens with two attached hydrogens (primary N) is 1. The zero-order chi connectivity index (χ0) is 4.28. The third kappa shape index (κ3) is 8.82. The first kappa shape index (κ1) is 9.74. The summed E-state index contributed by atoms with van der Waals surface area (Å²) in [6, 6.07) is 0. The molecule has 1 unspecified atom stereocenters. The van der Waals surface area contributed by atoms with Crippen LogP contribution in [-0.2, 0) is 0 Å². The van der Waals surface area contributed by atoms with Crippen molar-refractivity contribution in [3.8, 4) is 0 Å². The topological polar surface area (TPSA) is 26.0 Å². The molecule has 6 heavy (non-hydrogen) atoms. The quantitative estimate of drug-likeness (QED) is 0.526. The van der Waals surface area contributed by atoms with Crippen molar-refractivity contribution in [3.05, 3.63) is 0 Å². The maximum Gasteiger partial charge on any atom is 0.0430 e. The highest BCUT2D eigenvalue weighted by atomic mass is 35.5. The molecule has 0 aliphatic rings. The lowest BCUT2D eigenvalue weighted by Crippen LogP contribution is -2.08. The van der Waals surface area contributed by atoms with Crippen LogP contribution >= 0.6 is 24.0 Å². The van der Waals surface area contributed by atoms with E-state index in [0.717, 1.165) is 0 Å². The van der Waals surface area contributed by atoms with E-state index < -0.39 is 0 Å². The van der Waals surface area contributed by atoms with Gasteiger partial charge in [-0.25, -0.2) is 0 Å². The summed E-state index contributed by atoms with van der Waals surface area (Å²) in [5.41, 5.74) is 5.04. The Labute approximate surface area is 49.3 Å². The summed E-state index contributed by atoms with van der Waals surface area (Å²) in [5, 5.41) is 0.134. The number of hydrogen-bond acceptors (Lipinski definition) is 1. The van der Waals surface area contributed by atoms with Crippen LogP contribution in [0, 0.1) is 0 Å². The molecule has 1 nitrogen and oxygen atoms in total. The van der Waals surface area contributed by atoms with Crippen LogP contribution in [0.4, 0.5) is 0 Å². The van der Waals surface area contributed by atoms with Gasteiger partial charge >= 0.3 is 0 Å². The second-order valence-corrected chi connectivity index (χ2v) is 1.76. The van der Waals surface area contributed by atoms with E-state index in [2.05, 4.69) is 0 Å². The molecule has 0 fully saturated rings. The SMILES string of the molecule is CC(Cl)CN.Cl. The highest BCUT2D eigenvalue weighted by molar-refractivity contribution is 6.20. The third-order valence-electron chi connectivity index (χ3n) is 0.325. The van der Waals surface area contributed by atoms with Crippen LogP contribution in [0.3, 0.4) is 0 Å². The average Bonchev–Trinajstić information content (AvgIpc) is 1.38. The van der Waals surface area contributed by atoms with Gasteiger partial charge in [-0.15, -0.1) is 24.0 Å². The minimum Gasteiger partial charge on any atom is -0.329 e. The maximum absolute atomic E-state index is 5.34. The lowest BCUT2D eigenvalue weighted by molar-refractivity contribution is 0.941. The summed E-state index contributed by atoms with van der Waals surface area (Å²) in [7, 11) is 0. The van der Waals surface area contributed by atoms with Crippen LogP contribution in [0.1, 0.15) is 6.92 Å². The van der Waals surface area contributed by atoms with Crippen LogP contribution in [-0.4, -0.2) is 11.9 Å². The standard InChI is InChI=1S/C3H8ClN.ClH/c1-3(4)2-5;/h3H,2,5H2,1H3;1H.